The van der Waals surface area contributed by atoms with Gasteiger partial charge in [0, 0.05) is 12.0 Å². The molecule has 0 atom stereocenters. The van der Waals surface area contributed by atoms with Crippen LogP contribution in [0.3, 0.4) is 0 Å². The van der Waals surface area contributed by atoms with Crippen LogP contribution in [0.2, 0.25) is 0 Å². The average Bonchev–Trinajstić information content (AvgIpc) is 2.38. The van der Waals surface area contributed by atoms with E-state index in [1.165, 1.54) is 18.2 Å². The lowest BCUT2D eigenvalue weighted by atomic mass is 10.2. The number of rotatable bonds is 3. The van der Waals surface area contributed by atoms with Crippen molar-refractivity contribution in [2.75, 3.05) is 11.1 Å². The number of nitrogen functional groups attached to an aromatic ring is 1. The highest BCUT2D eigenvalue weighted by Crippen LogP contribution is 2.26. The Labute approximate surface area is 116 Å². The molecule has 0 spiro atoms. The molecule has 0 radical (unpaired) electrons. The van der Waals surface area contributed by atoms with E-state index in [9.17, 15) is 8.78 Å². The summed E-state index contributed by atoms with van der Waals surface area (Å²) < 4.78 is 27.6. The van der Waals surface area contributed by atoms with Gasteiger partial charge in [-0.05, 0) is 18.6 Å². The van der Waals surface area contributed by atoms with Crippen LogP contribution in [0.5, 0.6) is 0 Å². The number of hydrogen-bond acceptors (Lipinski definition) is 4. The number of aromatic nitrogens is 2. The van der Waals surface area contributed by atoms with Crippen LogP contribution in [-0.4, -0.2) is 9.97 Å². The van der Waals surface area contributed by atoms with Gasteiger partial charge in [0.2, 0.25) is 0 Å². The zero-order chi connectivity index (χ0) is 14.9. The maximum absolute atomic E-state index is 13.9. The molecule has 1 heterocycles. The smallest absolute Gasteiger partial charge is 0.152 e. The lowest BCUT2D eigenvalue weighted by Gasteiger charge is -2.12. The van der Waals surface area contributed by atoms with Crippen molar-refractivity contribution in [3.05, 3.63) is 41.2 Å². The zero-order valence-electron chi connectivity index (χ0n) is 11.5. The van der Waals surface area contributed by atoms with Gasteiger partial charge in [0.05, 0.1) is 0 Å². The van der Waals surface area contributed by atoms with E-state index < -0.39 is 11.6 Å². The number of hydrogen-bond donors (Lipinski definition) is 2. The van der Waals surface area contributed by atoms with Crippen LogP contribution in [0, 0.1) is 18.6 Å². The zero-order valence-corrected chi connectivity index (χ0v) is 11.5. The van der Waals surface area contributed by atoms with Gasteiger partial charge >= 0.3 is 0 Å². The second kappa shape index (κ2) is 5.40. The minimum atomic E-state index is -0.684. The molecule has 106 valence electrons. The molecule has 1 aromatic carbocycles. The third-order valence-electron chi connectivity index (χ3n) is 2.82. The predicted octanol–water partition coefficient (Wildman–Crippen LogP) is 3.51. The maximum atomic E-state index is 13.9. The van der Waals surface area contributed by atoms with Gasteiger partial charge in [0.25, 0.3) is 0 Å². The third-order valence-corrected chi connectivity index (χ3v) is 2.82. The standard InChI is InChI=1S/C14H16F2N4/c1-7(2)14-18-10(17)6-11(20-14)19-13-9(15)5-4-8(3)12(13)16/h4-7H,1-3H3,(H3,17,18,19,20). The number of benzene rings is 1. The van der Waals surface area contributed by atoms with Crippen LogP contribution in [0.25, 0.3) is 0 Å². The Bertz CT molecular complexity index is 641. The van der Waals surface area contributed by atoms with Crippen LogP contribution in [0.4, 0.5) is 26.1 Å². The molecule has 0 amide bonds. The molecule has 2 aromatic rings. The number of nitrogens with one attached hydrogen (secondary N) is 1. The van der Waals surface area contributed by atoms with Crippen molar-refractivity contribution in [1.82, 2.24) is 9.97 Å². The van der Waals surface area contributed by atoms with Crippen LogP contribution in [0.1, 0.15) is 31.2 Å². The SMILES string of the molecule is Cc1ccc(F)c(Nc2cc(N)nc(C(C)C)n2)c1F. The average molecular weight is 278 g/mol. The summed E-state index contributed by atoms with van der Waals surface area (Å²) in [6, 6.07) is 4.02. The van der Waals surface area contributed by atoms with Crippen LogP contribution in [0.15, 0.2) is 18.2 Å². The minimum Gasteiger partial charge on any atom is -0.384 e. The van der Waals surface area contributed by atoms with E-state index in [0.717, 1.165) is 0 Å². The van der Waals surface area contributed by atoms with Gasteiger partial charge in [0.1, 0.15) is 29.0 Å². The highest BCUT2D eigenvalue weighted by molar-refractivity contribution is 5.60. The van der Waals surface area contributed by atoms with Gasteiger partial charge < -0.3 is 11.1 Å². The molecule has 6 heteroatoms. The highest BCUT2D eigenvalue weighted by atomic mass is 19.1. The van der Waals surface area contributed by atoms with Gasteiger partial charge in [-0.15, -0.1) is 0 Å². The third kappa shape index (κ3) is 2.84. The van der Waals surface area contributed by atoms with Crippen LogP contribution >= 0.6 is 0 Å². The van der Waals surface area contributed by atoms with Crippen LogP contribution in [-0.2, 0) is 0 Å². The topological polar surface area (TPSA) is 63.8 Å². The van der Waals surface area contributed by atoms with Gasteiger partial charge in [0.15, 0.2) is 5.82 Å². The van der Waals surface area contributed by atoms with Gasteiger partial charge in [-0.25, -0.2) is 18.7 Å². The van der Waals surface area contributed by atoms with E-state index in [2.05, 4.69) is 15.3 Å². The molecule has 0 aliphatic heterocycles. The molecule has 1 aromatic heterocycles. The molecule has 20 heavy (non-hydrogen) atoms. The van der Waals surface area contributed by atoms with Crippen molar-refractivity contribution >= 4 is 17.3 Å². The largest absolute Gasteiger partial charge is 0.384 e. The Kier molecular flexibility index (Phi) is 3.83. The molecule has 2 rings (SSSR count). The molecule has 3 N–H and O–H groups in total. The Morgan fingerprint density at radius 3 is 2.55 bits per heavy atom. The van der Waals surface area contributed by atoms with Crippen molar-refractivity contribution in [3.8, 4) is 0 Å². The first-order chi connectivity index (χ1) is 9.38. The monoisotopic (exact) mass is 278 g/mol. The van der Waals surface area contributed by atoms with E-state index in [0.29, 0.717) is 11.4 Å². The molecule has 0 saturated carbocycles. The summed E-state index contributed by atoms with van der Waals surface area (Å²) in [6.45, 7) is 5.38. The fraction of sp³-hybridized carbons (Fsp3) is 0.286. The second-order valence-electron chi connectivity index (χ2n) is 4.87. The molecule has 4 nitrogen and oxygen atoms in total. The number of halogens is 2. The molecular formula is C14H16F2N4. The second-order valence-corrected chi connectivity index (χ2v) is 4.87. The molecular weight excluding hydrogens is 262 g/mol. The van der Waals surface area contributed by atoms with Crippen LogP contribution < -0.4 is 11.1 Å². The van der Waals surface area contributed by atoms with Gasteiger partial charge in [-0.1, -0.05) is 19.9 Å². The van der Waals surface area contributed by atoms with Crippen molar-refractivity contribution in [2.45, 2.75) is 26.7 Å². The Balaban J connectivity index is 2.43. The van der Waals surface area contributed by atoms with Gasteiger partial charge in [-0.3, -0.25) is 0 Å². The number of aryl methyl sites for hydroxylation is 1. The lowest BCUT2D eigenvalue weighted by Crippen LogP contribution is -2.06. The first-order valence-electron chi connectivity index (χ1n) is 6.24. The highest BCUT2D eigenvalue weighted by Gasteiger charge is 2.13. The van der Waals surface area contributed by atoms with E-state index in [1.54, 1.807) is 6.92 Å². The lowest BCUT2D eigenvalue weighted by molar-refractivity contribution is 0.584. The molecule has 0 saturated heterocycles. The number of nitrogens with two attached hydrogens (primary N) is 1. The van der Waals surface area contributed by atoms with Crippen molar-refractivity contribution in [3.63, 3.8) is 0 Å². The number of nitrogens with zero attached hydrogens (tertiary/aromatic N) is 2. The maximum Gasteiger partial charge on any atom is 0.152 e. The normalized spacial score (nSPS) is 10.9. The summed E-state index contributed by atoms with van der Waals surface area (Å²) in [5.41, 5.74) is 5.79. The molecule has 0 unspecified atom stereocenters. The van der Waals surface area contributed by atoms with E-state index in [1.807, 2.05) is 13.8 Å². The summed E-state index contributed by atoms with van der Waals surface area (Å²) in [5.74, 6) is -0.235. The summed E-state index contributed by atoms with van der Waals surface area (Å²) in [7, 11) is 0. The predicted molar refractivity (Wildman–Crippen MR) is 74.9 cm³/mol. The van der Waals surface area contributed by atoms with Crippen molar-refractivity contribution < 1.29 is 8.78 Å². The first-order valence-corrected chi connectivity index (χ1v) is 6.24. The Morgan fingerprint density at radius 2 is 1.90 bits per heavy atom. The molecule has 0 bridgehead atoms. The quantitative estimate of drug-likeness (QED) is 0.901. The minimum absolute atomic E-state index is 0.0613. The number of anilines is 3. The molecule has 0 fully saturated rings. The van der Waals surface area contributed by atoms with Gasteiger partial charge in [-0.2, -0.15) is 0 Å². The van der Waals surface area contributed by atoms with Crippen molar-refractivity contribution in [2.24, 2.45) is 0 Å². The van der Waals surface area contributed by atoms with E-state index >= 15 is 0 Å². The fourth-order valence-corrected chi connectivity index (χ4v) is 1.71. The Hall–Kier alpha value is -2.24. The first kappa shape index (κ1) is 14.2. The molecule has 0 aliphatic carbocycles. The summed E-state index contributed by atoms with van der Waals surface area (Å²) >= 11 is 0. The van der Waals surface area contributed by atoms with E-state index in [4.69, 9.17) is 5.73 Å². The Morgan fingerprint density at radius 1 is 1.20 bits per heavy atom. The summed E-state index contributed by atoms with van der Waals surface area (Å²) in [6.07, 6.45) is 0. The summed E-state index contributed by atoms with van der Waals surface area (Å²) in [5, 5.41) is 2.64. The molecule has 0 aliphatic rings. The van der Waals surface area contributed by atoms with Crippen molar-refractivity contribution in [1.29, 1.82) is 0 Å². The van der Waals surface area contributed by atoms with E-state index in [-0.39, 0.29) is 23.2 Å². The fourth-order valence-electron chi connectivity index (χ4n) is 1.71. The summed E-state index contributed by atoms with van der Waals surface area (Å²) in [4.78, 5) is 8.28.